The Hall–Kier alpha value is -1.65. The first-order chi connectivity index (χ1) is 6.65. The highest BCUT2D eigenvalue weighted by Gasteiger charge is 2.07. The van der Waals surface area contributed by atoms with Gasteiger partial charge in [-0.15, -0.1) is 0 Å². The lowest BCUT2D eigenvalue weighted by atomic mass is 10.3. The number of hydrogen-bond donors (Lipinski definition) is 0. The van der Waals surface area contributed by atoms with Gasteiger partial charge in [0.15, 0.2) is 6.20 Å². The van der Waals surface area contributed by atoms with Crippen LogP contribution in [0.5, 0.6) is 0 Å². The average Bonchev–Trinajstić information content (AvgIpc) is 2.18. The lowest BCUT2D eigenvalue weighted by Gasteiger charge is -2.15. The van der Waals surface area contributed by atoms with Crippen LogP contribution < -0.4 is 4.90 Å². The van der Waals surface area contributed by atoms with E-state index in [2.05, 4.69) is 11.9 Å². The quantitative estimate of drug-likeness (QED) is 0.543. The topological polar surface area (TPSA) is 59.3 Å². The molecule has 1 aromatic heterocycles. The van der Waals surface area contributed by atoms with Gasteiger partial charge in [-0.1, -0.05) is 6.92 Å². The highest BCUT2D eigenvalue weighted by molar-refractivity contribution is 5.45. The molecule has 0 bridgehead atoms. The van der Waals surface area contributed by atoms with Crippen molar-refractivity contribution in [1.82, 2.24) is 4.98 Å². The number of nitro groups is 1. The van der Waals surface area contributed by atoms with Gasteiger partial charge in [0.25, 0.3) is 0 Å². The third kappa shape index (κ3) is 2.42. The van der Waals surface area contributed by atoms with Crippen molar-refractivity contribution in [2.75, 3.05) is 18.5 Å². The van der Waals surface area contributed by atoms with Crippen LogP contribution in [-0.4, -0.2) is 23.5 Å². The van der Waals surface area contributed by atoms with Crippen LogP contribution in [0, 0.1) is 10.1 Å². The van der Waals surface area contributed by atoms with E-state index in [1.165, 1.54) is 12.3 Å². The Balaban J connectivity index is 2.77. The van der Waals surface area contributed by atoms with Crippen molar-refractivity contribution in [1.29, 1.82) is 0 Å². The SMILES string of the molecule is CCCN(C)c1ccc([N+](=O)[O-])nc1. The lowest BCUT2D eigenvalue weighted by Crippen LogP contribution is -2.17. The molecule has 0 spiro atoms. The van der Waals surface area contributed by atoms with Crippen LogP contribution in [0.1, 0.15) is 13.3 Å². The van der Waals surface area contributed by atoms with Gasteiger partial charge in [0.2, 0.25) is 0 Å². The van der Waals surface area contributed by atoms with Gasteiger partial charge >= 0.3 is 5.82 Å². The van der Waals surface area contributed by atoms with E-state index in [1.807, 2.05) is 11.9 Å². The van der Waals surface area contributed by atoms with Crippen LogP contribution >= 0.6 is 0 Å². The summed E-state index contributed by atoms with van der Waals surface area (Å²) >= 11 is 0. The fourth-order valence-electron chi connectivity index (χ4n) is 1.18. The maximum atomic E-state index is 10.3. The van der Waals surface area contributed by atoms with Crippen LogP contribution in [0.3, 0.4) is 0 Å². The van der Waals surface area contributed by atoms with E-state index in [1.54, 1.807) is 6.07 Å². The van der Waals surface area contributed by atoms with Crippen LogP contribution in [0.15, 0.2) is 18.3 Å². The van der Waals surface area contributed by atoms with Gasteiger partial charge in [0, 0.05) is 19.7 Å². The predicted molar refractivity (Wildman–Crippen MR) is 54.5 cm³/mol. The first-order valence-corrected chi connectivity index (χ1v) is 4.46. The maximum absolute atomic E-state index is 10.3. The third-order valence-corrected chi connectivity index (χ3v) is 1.92. The van der Waals surface area contributed by atoms with E-state index in [9.17, 15) is 10.1 Å². The van der Waals surface area contributed by atoms with E-state index in [4.69, 9.17) is 0 Å². The molecule has 0 aliphatic rings. The fraction of sp³-hybridized carbons (Fsp3) is 0.444. The summed E-state index contributed by atoms with van der Waals surface area (Å²) in [6, 6.07) is 3.13. The van der Waals surface area contributed by atoms with Gasteiger partial charge in [0.05, 0.1) is 5.69 Å². The van der Waals surface area contributed by atoms with Crippen molar-refractivity contribution in [3.63, 3.8) is 0 Å². The molecule has 5 heteroatoms. The Morgan fingerprint density at radius 1 is 1.57 bits per heavy atom. The third-order valence-electron chi connectivity index (χ3n) is 1.92. The molecule has 0 radical (unpaired) electrons. The second-order valence-corrected chi connectivity index (χ2v) is 3.05. The molecule has 14 heavy (non-hydrogen) atoms. The first-order valence-electron chi connectivity index (χ1n) is 4.46. The molecule has 0 aliphatic heterocycles. The van der Waals surface area contributed by atoms with Gasteiger partial charge < -0.3 is 15.0 Å². The summed E-state index contributed by atoms with van der Waals surface area (Å²) in [5.74, 6) is -0.112. The molecule has 0 aromatic carbocycles. The van der Waals surface area contributed by atoms with Crippen molar-refractivity contribution >= 4 is 11.5 Å². The van der Waals surface area contributed by atoms with Crippen LogP contribution in [0.2, 0.25) is 0 Å². The molecule has 0 saturated carbocycles. The molecule has 0 unspecified atom stereocenters. The van der Waals surface area contributed by atoms with E-state index in [-0.39, 0.29) is 5.82 Å². The number of anilines is 1. The van der Waals surface area contributed by atoms with Gasteiger partial charge in [-0.05, 0) is 22.4 Å². The van der Waals surface area contributed by atoms with Gasteiger partial charge in [0.1, 0.15) is 0 Å². The van der Waals surface area contributed by atoms with Crippen molar-refractivity contribution in [3.05, 3.63) is 28.4 Å². The summed E-state index contributed by atoms with van der Waals surface area (Å²) < 4.78 is 0. The maximum Gasteiger partial charge on any atom is 0.363 e. The van der Waals surface area contributed by atoms with E-state index in [0.29, 0.717) is 0 Å². The Morgan fingerprint density at radius 3 is 2.71 bits per heavy atom. The number of nitrogens with zero attached hydrogens (tertiary/aromatic N) is 3. The molecule has 1 heterocycles. The second-order valence-electron chi connectivity index (χ2n) is 3.05. The minimum Gasteiger partial charge on any atom is -0.372 e. The molecule has 1 aromatic rings. The fourth-order valence-corrected chi connectivity index (χ4v) is 1.18. The molecule has 5 nitrogen and oxygen atoms in total. The molecule has 1 rings (SSSR count). The molecular weight excluding hydrogens is 182 g/mol. The zero-order valence-electron chi connectivity index (χ0n) is 8.30. The van der Waals surface area contributed by atoms with Crippen LogP contribution in [0.4, 0.5) is 11.5 Å². The molecule has 0 aliphatic carbocycles. The Morgan fingerprint density at radius 2 is 2.29 bits per heavy atom. The molecule has 0 N–H and O–H groups in total. The largest absolute Gasteiger partial charge is 0.372 e. The van der Waals surface area contributed by atoms with Crippen LogP contribution in [0.25, 0.3) is 0 Å². The summed E-state index contributed by atoms with van der Waals surface area (Å²) in [5, 5.41) is 10.3. The highest BCUT2D eigenvalue weighted by Crippen LogP contribution is 2.14. The lowest BCUT2D eigenvalue weighted by molar-refractivity contribution is -0.389. The standard InChI is InChI=1S/C9H13N3O2/c1-3-6-11(2)8-4-5-9(10-7-8)12(13)14/h4-5,7H,3,6H2,1-2H3. The predicted octanol–water partition coefficient (Wildman–Crippen LogP) is 1.84. The Bertz CT molecular complexity index is 310. The summed E-state index contributed by atoms with van der Waals surface area (Å²) in [4.78, 5) is 15.6. The zero-order valence-corrected chi connectivity index (χ0v) is 8.30. The number of rotatable bonds is 4. The van der Waals surface area contributed by atoms with Gasteiger partial charge in [-0.2, -0.15) is 0 Å². The Labute approximate surface area is 82.5 Å². The summed E-state index contributed by atoms with van der Waals surface area (Å²) in [5.41, 5.74) is 0.900. The first kappa shape index (κ1) is 10.4. The molecule has 0 atom stereocenters. The second kappa shape index (κ2) is 4.55. The summed E-state index contributed by atoms with van der Waals surface area (Å²) in [6.45, 7) is 2.99. The van der Waals surface area contributed by atoms with Gasteiger partial charge in [-0.25, -0.2) is 0 Å². The van der Waals surface area contributed by atoms with Crippen molar-refractivity contribution < 1.29 is 4.92 Å². The average molecular weight is 195 g/mol. The molecule has 0 amide bonds. The van der Waals surface area contributed by atoms with Crippen molar-refractivity contribution in [2.45, 2.75) is 13.3 Å². The van der Waals surface area contributed by atoms with Crippen molar-refractivity contribution in [2.24, 2.45) is 0 Å². The van der Waals surface area contributed by atoms with E-state index < -0.39 is 4.92 Å². The number of pyridine rings is 1. The summed E-state index contributed by atoms with van der Waals surface area (Å²) in [7, 11) is 1.94. The molecule has 0 saturated heterocycles. The molecule has 76 valence electrons. The van der Waals surface area contributed by atoms with Crippen LogP contribution in [-0.2, 0) is 0 Å². The van der Waals surface area contributed by atoms with E-state index in [0.717, 1.165) is 18.7 Å². The van der Waals surface area contributed by atoms with E-state index >= 15 is 0 Å². The molecular formula is C9H13N3O2. The number of hydrogen-bond acceptors (Lipinski definition) is 4. The van der Waals surface area contributed by atoms with Gasteiger partial charge in [-0.3, -0.25) is 0 Å². The number of aromatic nitrogens is 1. The normalized spacial score (nSPS) is 9.86. The van der Waals surface area contributed by atoms with Crippen molar-refractivity contribution in [3.8, 4) is 0 Å². The minimum absolute atomic E-state index is 0.112. The smallest absolute Gasteiger partial charge is 0.363 e. The zero-order chi connectivity index (χ0) is 10.6. The highest BCUT2D eigenvalue weighted by atomic mass is 16.6. The Kier molecular flexibility index (Phi) is 3.39. The summed E-state index contributed by atoms with van der Waals surface area (Å²) in [6.07, 6.45) is 2.56. The monoisotopic (exact) mass is 195 g/mol. The minimum atomic E-state index is -0.496. The molecule has 0 fully saturated rings.